The monoisotopic (exact) mass is 456 g/mol. The van der Waals surface area contributed by atoms with Crippen LogP contribution in [-0.4, -0.2) is 22.5 Å². The summed E-state index contributed by atoms with van der Waals surface area (Å²) in [5, 5.41) is 8.97. The van der Waals surface area contributed by atoms with Crippen LogP contribution in [0, 0.1) is 0 Å². The molecule has 2 N–H and O–H groups in total. The highest BCUT2D eigenvalue weighted by atomic mass is 32.1. The number of thiazole rings is 1. The second-order valence-electron chi connectivity index (χ2n) is 7.19. The molecule has 0 unspecified atom stereocenters. The Kier molecular flexibility index (Phi) is 7.45. The molecule has 0 fully saturated rings. The molecule has 0 saturated carbocycles. The molecule has 2 aromatic carbocycles. The van der Waals surface area contributed by atoms with Crippen molar-refractivity contribution in [1.29, 1.82) is 0 Å². The van der Waals surface area contributed by atoms with Gasteiger partial charge < -0.3 is 15.4 Å². The molecule has 2 heterocycles. The average Bonchev–Trinajstić information content (AvgIpc) is 3.32. The van der Waals surface area contributed by atoms with Gasteiger partial charge >= 0.3 is 0 Å². The number of anilines is 3. The summed E-state index contributed by atoms with van der Waals surface area (Å²) in [5.41, 5.74) is 4.40. The summed E-state index contributed by atoms with van der Waals surface area (Å²) < 4.78 is 5.73. The number of hydrogen-bond donors (Lipinski definition) is 2. The van der Waals surface area contributed by atoms with Crippen molar-refractivity contribution in [2.45, 2.75) is 13.3 Å². The molecule has 0 aliphatic carbocycles. The number of para-hydroxylation sites is 1. The number of ether oxygens (including phenoxy) is 1. The van der Waals surface area contributed by atoms with Crippen molar-refractivity contribution in [3.8, 4) is 17.0 Å². The molecule has 0 aliphatic heterocycles. The van der Waals surface area contributed by atoms with Gasteiger partial charge in [-0.15, -0.1) is 11.3 Å². The first-order valence-corrected chi connectivity index (χ1v) is 11.5. The van der Waals surface area contributed by atoms with Crippen molar-refractivity contribution < 1.29 is 9.53 Å². The number of aromatic nitrogens is 2. The highest BCUT2D eigenvalue weighted by Gasteiger charge is 2.06. The number of carbonyl (C=O) groups excluding carboxylic acids is 1. The van der Waals surface area contributed by atoms with E-state index in [-0.39, 0.29) is 5.91 Å². The van der Waals surface area contributed by atoms with Gasteiger partial charge in [0.25, 0.3) is 0 Å². The Morgan fingerprint density at radius 1 is 1.03 bits per heavy atom. The molecular weight excluding hydrogens is 432 g/mol. The van der Waals surface area contributed by atoms with Crippen molar-refractivity contribution >= 4 is 39.8 Å². The number of carbonyl (C=O) groups is 1. The van der Waals surface area contributed by atoms with E-state index in [1.807, 2.05) is 66.0 Å². The zero-order valence-electron chi connectivity index (χ0n) is 18.2. The van der Waals surface area contributed by atoms with Gasteiger partial charge in [0.05, 0.1) is 12.3 Å². The maximum absolute atomic E-state index is 12.4. The number of nitrogens with one attached hydrogen (secondary N) is 2. The van der Waals surface area contributed by atoms with E-state index in [9.17, 15) is 4.79 Å². The molecule has 0 atom stereocenters. The molecule has 166 valence electrons. The quantitative estimate of drug-likeness (QED) is 0.285. The van der Waals surface area contributed by atoms with Crippen LogP contribution in [0.2, 0.25) is 0 Å². The third-order valence-electron chi connectivity index (χ3n) is 4.68. The zero-order valence-corrected chi connectivity index (χ0v) is 19.0. The van der Waals surface area contributed by atoms with E-state index in [2.05, 4.69) is 27.5 Å². The van der Waals surface area contributed by atoms with Crippen molar-refractivity contribution in [1.82, 2.24) is 9.97 Å². The summed E-state index contributed by atoms with van der Waals surface area (Å²) in [5.74, 6) is 0.566. The lowest BCUT2D eigenvalue weighted by molar-refractivity contribution is -0.111. The topological polar surface area (TPSA) is 76.1 Å². The molecule has 0 spiro atoms. The summed E-state index contributed by atoms with van der Waals surface area (Å²) in [6.45, 7) is 2.70. The first kappa shape index (κ1) is 22.2. The summed E-state index contributed by atoms with van der Waals surface area (Å²) in [6, 6.07) is 19.0. The molecule has 1 amide bonds. The van der Waals surface area contributed by atoms with E-state index >= 15 is 0 Å². The molecular formula is C26H24N4O2S. The van der Waals surface area contributed by atoms with Crippen LogP contribution in [0.15, 0.2) is 84.5 Å². The maximum atomic E-state index is 12.4. The molecule has 0 aliphatic rings. The fourth-order valence-corrected chi connectivity index (χ4v) is 3.80. The number of amides is 1. The van der Waals surface area contributed by atoms with Gasteiger partial charge in [-0.25, -0.2) is 4.98 Å². The molecule has 2 aromatic heterocycles. The normalized spacial score (nSPS) is 10.8. The van der Waals surface area contributed by atoms with Crippen molar-refractivity contribution in [3.05, 3.63) is 90.1 Å². The Balaban J connectivity index is 1.34. The predicted octanol–water partition coefficient (Wildman–Crippen LogP) is 6.39. The number of benzene rings is 2. The van der Waals surface area contributed by atoms with Crippen molar-refractivity contribution in [2.24, 2.45) is 0 Å². The van der Waals surface area contributed by atoms with Gasteiger partial charge in [0.2, 0.25) is 5.91 Å². The lowest BCUT2D eigenvalue weighted by atomic mass is 10.2. The third-order valence-corrected chi connectivity index (χ3v) is 5.44. The van der Waals surface area contributed by atoms with Gasteiger partial charge in [0.1, 0.15) is 5.75 Å². The molecule has 33 heavy (non-hydrogen) atoms. The summed E-state index contributed by atoms with van der Waals surface area (Å²) in [4.78, 5) is 21.0. The number of hydrogen-bond acceptors (Lipinski definition) is 6. The average molecular weight is 457 g/mol. The fraction of sp³-hybridized carbons (Fsp3) is 0.115. The van der Waals surface area contributed by atoms with Gasteiger partial charge in [0.15, 0.2) is 5.13 Å². The molecule has 4 aromatic rings. The van der Waals surface area contributed by atoms with Crippen LogP contribution in [0.1, 0.15) is 18.9 Å². The van der Waals surface area contributed by atoms with Gasteiger partial charge in [-0.1, -0.05) is 25.1 Å². The highest BCUT2D eigenvalue weighted by Crippen LogP contribution is 2.27. The Bertz CT molecular complexity index is 1220. The van der Waals surface area contributed by atoms with E-state index in [4.69, 9.17) is 4.74 Å². The highest BCUT2D eigenvalue weighted by molar-refractivity contribution is 7.14. The van der Waals surface area contributed by atoms with Crippen LogP contribution in [0.3, 0.4) is 0 Å². The Labute approximate surface area is 197 Å². The second-order valence-corrected chi connectivity index (χ2v) is 8.04. The lowest BCUT2D eigenvalue weighted by Crippen LogP contribution is -2.07. The van der Waals surface area contributed by atoms with Crippen LogP contribution < -0.4 is 15.4 Å². The maximum Gasteiger partial charge on any atom is 0.248 e. The van der Waals surface area contributed by atoms with Crippen molar-refractivity contribution in [2.75, 3.05) is 17.2 Å². The lowest BCUT2D eigenvalue weighted by Gasteiger charge is -2.08. The van der Waals surface area contributed by atoms with Crippen LogP contribution in [0.4, 0.5) is 16.5 Å². The van der Waals surface area contributed by atoms with Gasteiger partial charge in [-0.3, -0.25) is 9.78 Å². The van der Waals surface area contributed by atoms with E-state index in [0.29, 0.717) is 12.3 Å². The van der Waals surface area contributed by atoms with Gasteiger partial charge in [0, 0.05) is 46.4 Å². The van der Waals surface area contributed by atoms with Gasteiger partial charge in [-0.2, -0.15) is 0 Å². The van der Waals surface area contributed by atoms with E-state index in [0.717, 1.165) is 39.8 Å². The van der Waals surface area contributed by atoms with E-state index in [1.54, 1.807) is 18.5 Å². The van der Waals surface area contributed by atoms with E-state index < -0.39 is 0 Å². The Morgan fingerprint density at radius 3 is 2.58 bits per heavy atom. The SMILES string of the molecule is CCCOc1ccccc1/C=C/C(=O)Nc1ccc(Nc2nc(-c3ccncc3)cs2)cc1. The fourth-order valence-electron chi connectivity index (χ4n) is 3.06. The Morgan fingerprint density at radius 2 is 1.79 bits per heavy atom. The minimum Gasteiger partial charge on any atom is -0.493 e. The number of nitrogens with zero attached hydrogens (tertiary/aromatic N) is 2. The number of pyridine rings is 1. The smallest absolute Gasteiger partial charge is 0.248 e. The van der Waals surface area contributed by atoms with Gasteiger partial charge in [-0.05, 0) is 55.0 Å². The Hall–Kier alpha value is -3.97. The first-order valence-electron chi connectivity index (χ1n) is 10.6. The summed E-state index contributed by atoms with van der Waals surface area (Å²) >= 11 is 1.53. The second kappa shape index (κ2) is 11.1. The summed E-state index contributed by atoms with van der Waals surface area (Å²) in [6.07, 6.45) is 7.71. The zero-order chi connectivity index (χ0) is 22.9. The van der Waals surface area contributed by atoms with Crippen molar-refractivity contribution in [3.63, 3.8) is 0 Å². The molecule has 0 saturated heterocycles. The molecule has 0 bridgehead atoms. The minimum atomic E-state index is -0.206. The van der Waals surface area contributed by atoms with Crippen LogP contribution >= 0.6 is 11.3 Å². The molecule has 4 rings (SSSR count). The number of rotatable bonds is 9. The predicted molar refractivity (Wildman–Crippen MR) is 135 cm³/mol. The van der Waals surface area contributed by atoms with Crippen LogP contribution in [0.25, 0.3) is 17.3 Å². The molecule has 6 nitrogen and oxygen atoms in total. The van der Waals surface area contributed by atoms with Crippen LogP contribution in [0.5, 0.6) is 5.75 Å². The minimum absolute atomic E-state index is 0.206. The summed E-state index contributed by atoms with van der Waals surface area (Å²) in [7, 11) is 0. The van der Waals surface area contributed by atoms with E-state index in [1.165, 1.54) is 17.4 Å². The standard InChI is InChI=1S/C26H24N4O2S/c1-2-17-32-24-6-4-3-5-20(24)7-12-25(31)28-21-8-10-22(11-9-21)29-26-30-23(18-33-26)19-13-15-27-16-14-19/h3-16,18H,2,17H2,1H3,(H,28,31)(H,29,30)/b12-7+. The third kappa shape index (κ3) is 6.27. The molecule has 0 radical (unpaired) electrons. The van der Waals surface area contributed by atoms with Crippen LogP contribution in [-0.2, 0) is 4.79 Å². The molecule has 7 heteroatoms. The first-order chi connectivity index (χ1) is 16.2. The largest absolute Gasteiger partial charge is 0.493 e.